The quantitative estimate of drug-likeness (QED) is 0.384. The lowest BCUT2D eigenvalue weighted by atomic mass is 10.2. The van der Waals surface area contributed by atoms with Gasteiger partial charge in [-0.15, -0.1) is 0 Å². The second-order valence-electron chi connectivity index (χ2n) is 7.11. The van der Waals surface area contributed by atoms with Gasteiger partial charge >= 0.3 is 0 Å². The highest BCUT2D eigenvalue weighted by atomic mass is 32.2. The average Bonchev–Trinajstić information content (AvgIpc) is 2.82. The van der Waals surface area contributed by atoms with Gasteiger partial charge in [0.05, 0.1) is 38.9 Å². The molecule has 9 heteroatoms. The van der Waals surface area contributed by atoms with Gasteiger partial charge in [-0.05, 0) is 42.0 Å². The molecule has 3 aromatic rings. The minimum absolute atomic E-state index is 0.194. The summed E-state index contributed by atoms with van der Waals surface area (Å²) in [6.07, 6.45) is 2.62. The van der Waals surface area contributed by atoms with Crippen LogP contribution in [0.4, 0.5) is 5.69 Å². The third kappa shape index (κ3) is 6.33. The molecule has 0 aliphatic rings. The number of ether oxygens (including phenoxy) is 2. The number of carbonyl (C=O) groups is 1. The van der Waals surface area contributed by atoms with Crippen LogP contribution in [0, 0.1) is 0 Å². The Bertz CT molecular complexity index is 1230. The predicted octanol–water partition coefficient (Wildman–Crippen LogP) is 3.43. The van der Waals surface area contributed by atoms with Crippen molar-refractivity contribution in [1.82, 2.24) is 5.43 Å². The van der Waals surface area contributed by atoms with Gasteiger partial charge in [-0.25, -0.2) is 13.8 Å². The Balaban J connectivity index is 1.71. The number of nitrogens with zero attached hydrogens (tertiary/aromatic N) is 2. The number of amides is 1. The SMILES string of the molecule is COc1ccc(/C=N/NC(=O)c2ccc(N(Cc3ccccc3)S(C)(=O)=O)cc2)c(OC)c1. The van der Waals surface area contributed by atoms with Gasteiger partial charge in [-0.1, -0.05) is 30.3 Å². The van der Waals surface area contributed by atoms with Crippen molar-refractivity contribution >= 4 is 27.8 Å². The van der Waals surface area contributed by atoms with Crippen molar-refractivity contribution in [1.29, 1.82) is 0 Å². The number of sulfonamides is 1. The Hall–Kier alpha value is -3.85. The summed E-state index contributed by atoms with van der Waals surface area (Å²) in [6.45, 7) is 0.194. The molecule has 0 atom stereocenters. The van der Waals surface area contributed by atoms with Crippen LogP contribution in [-0.4, -0.2) is 41.0 Å². The summed E-state index contributed by atoms with van der Waals surface area (Å²) in [6, 6.07) is 20.8. The van der Waals surface area contributed by atoms with Gasteiger partial charge in [0.1, 0.15) is 11.5 Å². The minimum atomic E-state index is -3.52. The van der Waals surface area contributed by atoms with Gasteiger partial charge in [0, 0.05) is 17.2 Å². The highest BCUT2D eigenvalue weighted by molar-refractivity contribution is 7.92. The number of carbonyl (C=O) groups excluding carboxylic acids is 1. The van der Waals surface area contributed by atoms with E-state index in [1.54, 1.807) is 49.6 Å². The lowest BCUT2D eigenvalue weighted by Gasteiger charge is -2.22. The number of benzene rings is 3. The van der Waals surface area contributed by atoms with Crippen molar-refractivity contribution in [3.8, 4) is 11.5 Å². The van der Waals surface area contributed by atoms with Gasteiger partial charge in [0.2, 0.25) is 10.0 Å². The van der Waals surface area contributed by atoms with Gasteiger partial charge < -0.3 is 9.47 Å². The molecule has 0 spiro atoms. The largest absolute Gasteiger partial charge is 0.497 e. The van der Waals surface area contributed by atoms with Gasteiger partial charge in [0.25, 0.3) is 5.91 Å². The molecule has 0 bridgehead atoms. The molecule has 1 N–H and O–H groups in total. The smallest absolute Gasteiger partial charge is 0.271 e. The van der Waals surface area contributed by atoms with Crippen LogP contribution < -0.4 is 19.2 Å². The lowest BCUT2D eigenvalue weighted by Crippen LogP contribution is -2.29. The van der Waals surface area contributed by atoms with Crippen molar-refractivity contribution in [3.05, 3.63) is 89.5 Å². The Kier molecular flexibility index (Phi) is 7.68. The van der Waals surface area contributed by atoms with Crippen molar-refractivity contribution < 1.29 is 22.7 Å². The minimum Gasteiger partial charge on any atom is -0.497 e. The summed E-state index contributed by atoms with van der Waals surface area (Å²) in [7, 11) is -0.425. The third-order valence-electron chi connectivity index (χ3n) is 4.80. The zero-order valence-corrected chi connectivity index (χ0v) is 19.4. The first-order valence-electron chi connectivity index (χ1n) is 9.99. The number of rotatable bonds is 9. The molecule has 0 aromatic heterocycles. The van der Waals surface area contributed by atoms with E-state index >= 15 is 0 Å². The van der Waals surface area contributed by atoms with Crippen LogP contribution in [0.5, 0.6) is 11.5 Å². The molecule has 0 unspecified atom stereocenters. The van der Waals surface area contributed by atoms with Gasteiger partial charge in [0.15, 0.2) is 0 Å². The normalized spacial score (nSPS) is 11.2. The fraction of sp³-hybridized carbons (Fsp3) is 0.167. The maximum atomic E-state index is 12.5. The molecule has 0 saturated heterocycles. The molecule has 8 nitrogen and oxygen atoms in total. The van der Waals surface area contributed by atoms with E-state index in [0.29, 0.717) is 28.3 Å². The van der Waals surface area contributed by atoms with E-state index in [2.05, 4.69) is 10.5 Å². The van der Waals surface area contributed by atoms with Crippen molar-refractivity contribution in [2.45, 2.75) is 6.54 Å². The van der Waals surface area contributed by atoms with E-state index in [1.165, 1.54) is 17.6 Å². The maximum Gasteiger partial charge on any atom is 0.271 e. The second-order valence-corrected chi connectivity index (χ2v) is 9.02. The standard InChI is InChI=1S/C24H25N3O5S/c1-31-22-14-11-20(23(15-22)32-2)16-25-26-24(28)19-9-12-21(13-10-19)27(33(3,29)30)17-18-7-5-4-6-8-18/h4-16H,17H2,1-3H3,(H,26,28)/b25-16+. The summed E-state index contributed by atoms with van der Waals surface area (Å²) in [5.41, 5.74) is 4.78. The third-order valence-corrected chi connectivity index (χ3v) is 5.94. The first-order chi connectivity index (χ1) is 15.8. The van der Waals surface area contributed by atoms with Crippen LogP contribution in [-0.2, 0) is 16.6 Å². The molecular formula is C24H25N3O5S. The molecule has 3 rings (SSSR count). The molecule has 172 valence electrons. The number of anilines is 1. The highest BCUT2D eigenvalue weighted by Gasteiger charge is 2.18. The van der Waals surface area contributed by atoms with Crippen LogP contribution >= 0.6 is 0 Å². The molecule has 0 aliphatic heterocycles. The fourth-order valence-corrected chi connectivity index (χ4v) is 3.97. The van der Waals surface area contributed by atoms with E-state index in [-0.39, 0.29) is 6.54 Å². The zero-order valence-electron chi connectivity index (χ0n) is 18.6. The van der Waals surface area contributed by atoms with E-state index < -0.39 is 15.9 Å². The van der Waals surface area contributed by atoms with Gasteiger partial charge in [-0.3, -0.25) is 9.10 Å². The van der Waals surface area contributed by atoms with E-state index in [9.17, 15) is 13.2 Å². The first kappa shape index (κ1) is 23.8. The Morgan fingerprint density at radius 1 is 1.00 bits per heavy atom. The Morgan fingerprint density at radius 3 is 2.30 bits per heavy atom. The number of hydrazone groups is 1. The molecular weight excluding hydrogens is 442 g/mol. The summed E-state index contributed by atoms with van der Waals surface area (Å²) in [5.74, 6) is 0.763. The van der Waals surface area contributed by atoms with Crippen molar-refractivity contribution in [2.24, 2.45) is 5.10 Å². The van der Waals surface area contributed by atoms with Crippen LogP contribution in [0.3, 0.4) is 0 Å². The number of hydrogen-bond donors (Lipinski definition) is 1. The fourth-order valence-electron chi connectivity index (χ4n) is 3.08. The molecule has 3 aromatic carbocycles. The van der Waals surface area contributed by atoms with Crippen LogP contribution in [0.2, 0.25) is 0 Å². The molecule has 33 heavy (non-hydrogen) atoms. The molecule has 0 fully saturated rings. The van der Waals surface area contributed by atoms with E-state index in [0.717, 1.165) is 11.8 Å². The maximum absolute atomic E-state index is 12.5. The molecule has 0 radical (unpaired) electrons. The number of nitrogens with one attached hydrogen (secondary N) is 1. The van der Waals surface area contributed by atoms with Crippen LogP contribution in [0.1, 0.15) is 21.5 Å². The summed E-state index contributed by atoms with van der Waals surface area (Å²) in [4.78, 5) is 12.5. The topological polar surface area (TPSA) is 97.3 Å². The molecule has 1 amide bonds. The monoisotopic (exact) mass is 467 g/mol. The van der Waals surface area contributed by atoms with Gasteiger partial charge in [-0.2, -0.15) is 5.10 Å². The lowest BCUT2D eigenvalue weighted by molar-refractivity contribution is 0.0955. The number of methoxy groups -OCH3 is 2. The molecule has 0 heterocycles. The molecule has 0 saturated carbocycles. The van der Waals surface area contributed by atoms with E-state index in [1.807, 2.05) is 30.3 Å². The summed E-state index contributed by atoms with van der Waals surface area (Å²) >= 11 is 0. The average molecular weight is 468 g/mol. The Labute approximate surface area is 193 Å². The second kappa shape index (κ2) is 10.6. The summed E-state index contributed by atoms with van der Waals surface area (Å²) in [5, 5.41) is 3.98. The predicted molar refractivity (Wildman–Crippen MR) is 129 cm³/mol. The Morgan fingerprint density at radius 2 is 1.70 bits per heavy atom. The first-order valence-corrected chi connectivity index (χ1v) is 11.8. The number of hydrogen-bond acceptors (Lipinski definition) is 6. The zero-order chi connectivity index (χ0) is 23.8. The summed E-state index contributed by atoms with van der Waals surface area (Å²) < 4.78 is 36.4. The van der Waals surface area contributed by atoms with Crippen LogP contribution in [0.25, 0.3) is 0 Å². The van der Waals surface area contributed by atoms with E-state index in [4.69, 9.17) is 9.47 Å². The highest BCUT2D eigenvalue weighted by Crippen LogP contribution is 2.23. The molecule has 0 aliphatic carbocycles. The van der Waals surface area contributed by atoms with Crippen LogP contribution in [0.15, 0.2) is 77.9 Å². The van der Waals surface area contributed by atoms with Crippen molar-refractivity contribution in [2.75, 3.05) is 24.8 Å². The van der Waals surface area contributed by atoms with Crippen molar-refractivity contribution in [3.63, 3.8) is 0 Å².